The molecule has 0 spiro atoms. The zero-order valence-electron chi connectivity index (χ0n) is 14.8. The van der Waals surface area contributed by atoms with E-state index in [0.29, 0.717) is 0 Å². The van der Waals surface area contributed by atoms with Gasteiger partial charge in [-0.05, 0) is 35.7 Å². The Balaban J connectivity index is 0.00000225. The fraction of sp³-hybridized carbons (Fsp3) is 0.200. The predicted molar refractivity (Wildman–Crippen MR) is 127 cm³/mol. The monoisotopic (exact) mass is 447 g/mol. The van der Waals surface area contributed by atoms with Gasteiger partial charge in [-0.15, -0.1) is 37.2 Å². The summed E-state index contributed by atoms with van der Waals surface area (Å²) in [6.45, 7) is 3.62. The van der Waals surface area contributed by atoms with Crippen molar-refractivity contribution >= 4 is 71.0 Å². The Bertz CT molecular complexity index is 776. The lowest BCUT2D eigenvalue weighted by Gasteiger charge is -2.11. The average Bonchev–Trinajstić information content (AvgIpc) is 2.62. The van der Waals surface area contributed by atoms with Crippen molar-refractivity contribution in [3.8, 4) is 0 Å². The van der Waals surface area contributed by atoms with Gasteiger partial charge in [0.2, 0.25) is 0 Å². The van der Waals surface area contributed by atoms with Crippen molar-refractivity contribution in [1.29, 1.82) is 0 Å². The van der Waals surface area contributed by atoms with Gasteiger partial charge < -0.3 is 16.0 Å². The van der Waals surface area contributed by atoms with Gasteiger partial charge in [0.1, 0.15) is 0 Å². The summed E-state index contributed by atoms with van der Waals surface area (Å²) in [6.07, 6.45) is 0. The maximum atomic E-state index is 5.87. The molecule has 0 unspecified atom stereocenters. The number of fused-ring (bicyclic) bond motifs is 1. The number of halogens is 4. The molecular weight excluding hydrogens is 424 g/mol. The standard InChI is InChI=1S/C20H22ClN3.3ClH/c21-17-8-10-18(11-9-17)23-14-12-22-13-15-24-20-7-3-5-16-4-1-2-6-19(16)20;;;/h1-11,22-24H,12-15H2;3*1H. The maximum Gasteiger partial charge on any atom is 0.0420 e. The topological polar surface area (TPSA) is 36.1 Å². The zero-order valence-corrected chi connectivity index (χ0v) is 18.0. The average molecular weight is 449 g/mol. The van der Waals surface area contributed by atoms with E-state index in [1.807, 2.05) is 24.3 Å². The highest BCUT2D eigenvalue weighted by Gasteiger charge is 1.98. The molecule has 3 aromatic carbocycles. The van der Waals surface area contributed by atoms with E-state index in [1.165, 1.54) is 16.5 Å². The minimum atomic E-state index is 0. The van der Waals surface area contributed by atoms with Gasteiger partial charge in [0.25, 0.3) is 0 Å². The van der Waals surface area contributed by atoms with E-state index in [2.05, 4.69) is 58.4 Å². The predicted octanol–water partition coefficient (Wildman–Crippen LogP) is 5.87. The van der Waals surface area contributed by atoms with Crippen molar-refractivity contribution < 1.29 is 0 Å². The SMILES string of the molecule is Cl.Cl.Cl.Clc1ccc(NCCNCCNc2cccc3ccccc23)cc1. The van der Waals surface area contributed by atoms with E-state index in [0.717, 1.165) is 36.9 Å². The van der Waals surface area contributed by atoms with Crippen molar-refractivity contribution in [2.75, 3.05) is 36.8 Å². The van der Waals surface area contributed by atoms with E-state index < -0.39 is 0 Å². The van der Waals surface area contributed by atoms with Crippen molar-refractivity contribution in [3.63, 3.8) is 0 Å². The number of hydrogen-bond acceptors (Lipinski definition) is 3. The lowest BCUT2D eigenvalue weighted by Crippen LogP contribution is -2.27. The van der Waals surface area contributed by atoms with Crippen LogP contribution in [0.25, 0.3) is 10.8 Å². The number of benzene rings is 3. The van der Waals surface area contributed by atoms with Gasteiger partial charge in [0.15, 0.2) is 0 Å². The smallest absolute Gasteiger partial charge is 0.0420 e. The van der Waals surface area contributed by atoms with Crippen molar-refractivity contribution in [2.45, 2.75) is 0 Å². The van der Waals surface area contributed by atoms with Gasteiger partial charge in [0.05, 0.1) is 0 Å². The van der Waals surface area contributed by atoms with Gasteiger partial charge in [-0.2, -0.15) is 0 Å². The van der Waals surface area contributed by atoms with Crippen LogP contribution in [0.5, 0.6) is 0 Å². The van der Waals surface area contributed by atoms with E-state index in [4.69, 9.17) is 11.6 Å². The van der Waals surface area contributed by atoms with Gasteiger partial charge >= 0.3 is 0 Å². The third-order valence-corrected chi connectivity index (χ3v) is 4.13. The molecule has 0 aliphatic carbocycles. The molecule has 3 aromatic rings. The largest absolute Gasteiger partial charge is 0.384 e. The molecule has 0 aliphatic heterocycles. The normalized spacial score (nSPS) is 9.52. The Morgan fingerprint density at radius 3 is 2.00 bits per heavy atom. The van der Waals surface area contributed by atoms with Crippen LogP contribution in [0.15, 0.2) is 66.7 Å². The molecule has 148 valence electrons. The molecule has 0 fully saturated rings. The fourth-order valence-electron chi connectivity index (χ4n) is 2.65. The number of anilines is 2. The summed E-state index contributed by atoms with van der Waals surface area (Å²) in [4.78, 5) is 0. The zero-order chi connectivity index (χ0) is 16.6. The Morgan fingerprint density at radius 1 is 0.630 bits per heavy atom. The first kappa shape index (κ1) is 25.6. The van der Waals surface area contributed by atoms with Crippen LogP contribution in [0.1, 0.15) is 0 Å². The molecule has 3 rings (SSSR count). The van der Waals surface area contributed by atoms with Crippen LogP contribution in [0.4, 0.5) is 11.4 Å². The molecule has 0 saturated heterocycles. The molecule has 0 atom stereocenters. The number of hydrogen-bond donors (Lipinski definition) is 3. The second kappa shape index (κ2) is 13.8. The summed E-state index contributed by atoms with van der Waals surface area (Å²) in [5, 5.41) is 13.6. The highest BCUT2D eigenvalue weighted by atomic mass is 35.5. The van der Waals surface area contributed by atoms with Gasteiger partial charge in [-0.1, -0.05) is 48.0 Å². The first-order chi connectivity index (χ1) is 11.8. The van der Waals surface area contributed by atoms with E-state index in [-0.39, 0.29) is 37.2 Å². The van der Waals surface area contributed by atoms with Crippen LogP contribution < -0.4 is 16.0 Å². The molecule has 0 aliphatic rings. The number of nitrogens with one attached hydrogen (secondary N) is 3. The summed E-state index contributed by atoms with van der Waals surface area (Å²) in [6, 6.07) is 22.6. The second-order valence-electron chi connectivity index (χ2n) is 5.64. The quantitative estimate of drug-likeness (QED) is 0.377. The van der Waals surface area contributed by atoms with Crippen LogP contribution in [0.2, 0.25) is 5.02 Å². The second-order valence-corrected chi connectivity index (χ2v) is 6.07. The lowest BCUT2D eigenvalue weighted by molar-refractivity contribution is 0.719. The molecule has 27 heavy (non-hydrogen) atoms. The maximum absolute atomic E-state index is 5.87. The van der Waals surface area contributed by atoms with Crippen LogP contribution in [-0.2, 0) is 0 Å². The first-order valence-corrected chi connectivity index (χ1v) is 8.62. The van der Waals surface area contributed by atoms with Crippen LogP contribution in [0.3, 0.4) is 0 Å². The van der Waals surface area contributed by atoms with Gasteiger partial charge in [-0.3, -0.25) is 0 Å². The van der Waals surface area contributed by atoms with Gasteiger partial charge in [-0.25, -0.2) is 0 Å². The minimum Gasteiger partial charge on any atom is -0.384 e. The molecule has 0 amide bonds. The van der Waals surface area contributed by atoms with E-state index in [1.54, 1.807) is 0 Å². The molecule has 0 aromatic heterocycles. The fourth-order valence-corrected chi connectivity index (χ4v) is 2.78. The molecule has 0 heterocycles. The summed E-state index contributed by atoms with van der Waals surface area (Å²) in [7, 11) is 0. The highest BCUT2D eigenvalue weighted by Crippen LogP contribution is 2.22. The summed E-state index contributed by atoms with van der Waals surface area (Å²) >= 11 is 5.87. The molecule has 0 saturated carbocycles. The van der Waals surface area contributed by atoms with Crippen molar-refractivity contribution in [1.82, 2.24) is 5.32 Å². The molecule has 3 nitrogen and oxygen atoms in total. The Kier molecular flexibility index (Phi) is 13.1. The van der Waals surface area contributed by atoms with E-state index >= 15 is 0 Å². The third kappa shape index (κ3) is 8.04. The van der Waals surface area contributed by atoms with Crippen LogP contribution in [0, 0.1) is 0 Å². The van der Waals surface area contributed by atoms with Crippen molar-refractivity contribution in [2.24, 2.45) is 0 Å². The van der Waals surface area contributed by atoms with Crippen LogP contribution in [-0.4, -0.2) is 26.2 Å². The highest BCUT2D eigenvalue weighted by molar-refractivity contribution is 6.30. The Morgan fingerprint density at radius 2 is 1.26 bits per heavy atom. The first-order valence-electron chi connectivity index (χ1n) is 8.25. The summed E-state index contributed by atoms with van der Waals surface area (Å²) in [5.74, 6) is 0. The Labute approximate surface area is 184 Å². The Hall–Kier alpha value is -1.36. The molecule has 3 N–H and O–H groups in total. The lowest BCUT2D eigenvalue weighted by atomic mass is 10.1. The molecule has 0 bridgehead atoms. The van der Waals surface area contributed by atoms with Crippen molar-refractivity contribution in [3.05, 3.63) is 71.8 Å². The van der Waals surface area contributed by atoms with Gasteiger partial charge in [0, 0.05) is 48.0 Å². The van der Waals surface area contributed by atoms with Crippen LogP contribution >= 0.6 is 48.8 Å². The summed E-state index contributed by atoms with van der Waals surface area (Å²) < 4.78 is 0. The minimum absolute atomic E-state index is 0. The summed E-state index contributed by atoms with van der Waals surface area (Å²) in [5.41, 5.74) is 2.28. The van der Waals surface area contributed by atoms with E-state index in [9.17, 15) is 0 Å². The third-order valence-electron chi connectivity index (χ3n) is 3.88. The molecule has 7 heteroatoms. The molecule has 0 radical (unpaired) electrons. The molecular formula is C20H25Cl4N3. The number of rotatable bonds is 8.